The average Bonchev–Trinajstić information content (AvgIpc) is 2.40. The number of guanidine groups is 1. The Hall–Kier alpha value is -0.0800. The van der Waals surface area contributed by atoms with Gasteiger partial charge < -0.3 is 20.3 Å². The summed E-state index contributed by atoms with van der Waals surface area (Å²) in [6, 6.07) is 0.628. The van der Waals surface area contributed by atoms with Crippen molar-refractivity contribution in [2.75, 3.05) is 47.4 Å². The van der Waals surface area contributed by atoms with Crippen LogP contribution in [0.3, 0.4) is 0 Å². The molecule has 5 nitrogen and oxygen atoms in total. The molecular weight excluding hydrogens is 367 g/mol. The molecule has 0 rings (SSSR count). The summed E-state index contributed by atoms with van der Waals surface area (Å²) >= 11 is 0. The van der Waals surface area contributed by atoms with Gasteiger partial charge in [-0.25, -0.2) is 0 Å². The van der Waals surface area contributed by atoms with Crippen LogP contribution < -0.4 is 10.6 Å². The summed E-state index contributed by atoms with van der Waals surface area (Å²) in [4.78, 5) is 6.56. The first-order valence-corrected chi connectivity index (χ1v) is 7.25. The largest absolute Gasteiger partial charge is 0.385 e. The van der Waals surface area contributed by atoms with Crippen LogP contribution in [0.4, 0.5) is 0 Å². The molecule has 0 aromatic heterocycles. The van der Waals surface area contributed by atoms with E-state index in [9.17, 15) is 0 Å². The lowest BCUT2D eigenvalue weighted by Crippen LogP contribution is -2.38. The van der Waals surface area contributed by atoms with E-state index in [1.54, 1.807) is 14.2 Å². The number of halogens is 1. The zero-order valence-electron chi connectivity index (χ0n) is 13.7. The molecule has 0 aromatic rings. The highest BCUT2D eigenvalue weighted by Gasteiger charge is 2.02. The van der Waals surface area contributed by atoms with E-state index in [1.807, 2.05) is 0 Å². The first-order chi connectivity index (χ1) is 9.11. The second-order valence-electron chi connectivity index (χ2n) is 5.05. The van der Waals surface area contributed by atoms with Crippen molar-refractivity contribution in [3.63, 3.8) is 0 Å². The highest BCUT2D eigenvalue weighted by molar-refractivity contribution is 14.0. The van der Waals surface area contributed by atoms with Gasteiger partial charge in [0, 0.05) is 39.9 Å². The number of hydrogen-bond donors (Lipinski definition) is 2. The molecule has 122 valence electrons. The summed E-state index contributed by atoms with van der Waals surface area (Å²) < 4.78 is 5.01. The van der Waals surface area contributed by atoms with Crippen molar-refractivity contribution in [2.24, 2.45) is 4.99 Å². The molecule has 0 spiro atoms. The Morgan fingerprint density at radius 2 is 1.75 bits per heavy atom. The van der Waals surface area contributed by atoms with Crippen molar-refractivity contribution in [1.82, 2.24) is 15.5 Å². The summed E-state index contributed by atoms with van der Waals surface area (Å²) in [6.07, 6.45) is 3.37. The van der Waals surface area contributed by atoms with Crippen LogP contribution in [0.1, 0.15) is 33.1 Å². The first kappa shape index (κ1) is 22.2. The fraction of sp³-hybridized carbons (Fsp3) is 0.929. The molecular formula is C14H33IN4O. The Morgan fingerprint density at radius 1 is 1.15 bits per heavy atom. The third-order valence-corrected chi connectivity index (χ3v) is 3.15. The van der Waals surface area contributed by atoms with Crippen molar-refractivity contribution >= 4 is 29.9 Å². The number of rotatable bonds is 10. The fourth-order valence-corrected chi connectivity index (χ4v) is 1.60. The molecule has 0 aromatic carbocycles. The van der Waals surface area contributed by atoms with E-state index in [1.165, 1.54) is 6.42 Å². The van der Waals surface area contributed by atoms with E-state index in [2.05, 4.69) is 41.4 Å². The number of nitrogens with one attached hydrogen (secondary N) is 2. The molecule has 0 fully saturated rings. The van der Waals surface area contributed by atoms with Gasteiger partial charge in [0.05, 0.1) is 0 Å². The minimum absolute atomic E-state index is 0. The van der Waals surface area contributed by atoms with Crippen molar-refractivity contribution in [1.29, 1.82) is 0 Å². The maximum atomic E-state index is 5.01. The lowest BCUT2D eigenvalue weighted by atomic mass is 10.2. The quantitative estimate of drug-likeness (QED) is 0.255. The van der Waals surface area contributed by atoms with Crippen LogP contribution in [0.15, 0.2) is 4.99 Å². The Kier molecular flexibility index (Phi) is 17.0. The van der Waals surface area contributed by atoms with Crippen LogP contribution in [0.2, 0.25) is 0 Å². The number of aliphatic imine (C=N–C) groups is 1. The Morgan fingerprint density at radius 3 is 2.25 bits per heavy atom. The molecule has 0 atom stereocenters. The Bertz CT molecular complexity index is 237. The predicted molar refractivity (Wildman–Crippen MR) is 98.3 cm³/mol. The third kappa shape index (κ3) is 12.9. The standard InChI is InChI=1S/C14H32N4O.HI/c1-13(2)18(4)11-7-6-9-16-14(15-3)17-10-8-12-19-5;/h13H,6-12H2,1-5H3,(H2,15,16,17);1H. The number of ether oxygens (including phenoxy) is 1. The van der Waals surface area contributed by atoms with Gasteiger partial charge in [-0.3, -0.25) is 4.99 Å². The van der Waals surface area contributed by atoms with Gasteiger partial charge in [-0.05, 0) is 46.7 Å². The van der Waals surface area contributed by atoms with E-state index in [0.29, 0.717) is 6.04 Å². The van der Waals surface area contributed by atoms with Crippen molar-refractivity contribution in [3.8, 4) is 0 Å². The van der Waals surface area contributed by atoms with Crippen LogP contribution in [-0.4, -0.2) is 64.3 Å². The minimum atomic E-state index is 0. The maximum Gasteiger partial charge on any atom is 0.190 e. The molecule has 0 radical (unpaired) electrons. The molecule has 0 heterocycles. The molecule has 0 aliphatic carbocycles. The molecule has 0 aliphatic heterocycles. The average molecular weight is 400 g/mol. The number of nitrogens with zero attached hydrogens (tertiary/aromatic N) is 2. The highest BCUT2D eigenvalue weighted by Crippen LogP contribution is 1.97. The molecule has 0 aliphatic rings. The minimum Gasteiger partial charge on any atom is -0.385 e. The summed E-state index contributed by atoms with van der Waals surface area (Å²) in [5.74, 6) is 0.883. The van der Waals surface area contributed by atoms with Crippen LogP contribution in [0, 0.1) is 0 Å². The van der Waals surface area contributed by atoms with Gasteiger partial charge in [-0.15, -0.1) is 24.0 Å². The Balaban J connectivity index is 0. The van der Waals surface area contributed by atoms with Gasteiger partial charge >= 0.3 is 0 Å². The van der Waals surface area contributed by atoms with E-state index in [-0.39, 0.29) is 24.0 Å². The third-order valence-electron chi connectivity index (χ3n) is 3.15. The molecule has 0 amide bonds. The zero-order valence-corrected chi connectivity index (χ0v) is 16.1. The fourth-order valence-electron chi connectivity index (χ4n) is 1.60. The van der Waals surface area contributed by atoms with E-state index < -0.39 is 0 Å². The predicted octanol–water partition coefficient (Wildman–Crippen LogP) is 1.93. The normalized spacial score (nSPS) is 11.7. The molecule has 0 bridgehead atoms. The number of unbranched alkanes of at least 4 members (excludes halogenated alkanes) is 1. The van der Waals surface area contributed by atoms with Gasteiger partial charge in [-0.2, -0.15) is 0 Å². The molecule has 0 unspecified atom stereocenters. The highest BCUT2D eigenvalue weighted by atomic mass is 127. The smallest absolute Gasteiger partial charge is 0.190 e. The molecule has 6 heteroatoms. The zero-order chi connectivity index (χ0) is 14.5. The second kappa shape index (κ2) is 15.3. The molecule has 0 saturated carbocycles. The molecule has 20 heavy (non-hydrogen) atoms. The monoisotopic (exact) mass is 400 g/mol. The van der Waals surface area contributed by atoms with E-state index in [4.69, 9.17) is 4.74 Å². The number of hydrogen-bond acceptors (Lipinski definition) is 3. The van der Waals surface area contributed by atoms with Gasteiger partial charge in [0.25, 0.3) is 0 Å². The molecule has 2 N–H and O–H groups in total. The lowest BCUT2D eigenvalue weighted by Gasteiger charge is -2.20. The van der Waals surface area contributed by atoms with Crippen LogP contribution in [-0.2, 0) is 4.74 Å². The van der Waals surface area contributed by atoms with Crippen molar-refractivity contribution in [3.05, 3.63) is 0 Å². The first-order valence-electron chi connectivity index (χ1n) is 7.25. The van der Waals surface area contributed by atoms with Gasteiger partial charge in [0.15, 0.2) is 5.96 Å². The Labute approximate surface area is 141 Å². The van der Waals surface area contributed by atoms with Gasteiger partial charge in [0.2, 0.25) is 0 Å². The van der Waals surface area contributed by atoms with Crippen LogP contribution in [0.25, 0.3) is 0 Å². The van der Waals surface area contributed by atoms with E-state index in [0.717, 1.165) is 45.0 Å². The van der Waals surface area contributed by atoms with Crippen LogP contribution in [0.5, 0.6) is 0 Å². The summed E-state index contributed by atoms with van der Waals surface area (Å²) in [5.41, 5.74) is 0. The van der Waals surface area contributed by atoms with Gasteiger partial charge in [0.1, 0.15) is 0 Å². The molecule has 0 saturated heterocycles. The van der Waals surface area contributed by atoms with Crippen molar-refractivity contribution < 1.29 is 4.74 Å². The SMILES string of the molecule is CN=C(NCCCCN(C)C(C)C)NCCCOC.I. The summed E-state index contributed by atoms with van der Waals surface area (Å²) in [5, 5.41) is 6.60. The van der Waals surface area contributed by atoms with E-state index >= 15 is 0 Å². The topological polar surface area (TPSA) is 48.9 Å². The summed E-state index contributed by atoms with van der Waals surface area (Å²) in [7, 11) is 5.70. The lowest BCUT2D eigenvalue weighted by molar-refractivity contribution is 0.195. The van der Waals surface area contributed by atoms with Crippen molar-refractivity contribution in [2.45, 2.75) is 39.2 Å². The number of methoxy groups -OCH3 is 1. The van der Waals surface area contributed by atoms with Gasteiger partial charge in [-0.1, -0.05) is 0 Å². The second-order valence-corrected chi connectivity index (χ2v) is 5.05. The van der Waals surface area contributed by atoms with Crippen LogP contribution >= 0.6 is 24.0 Å². The maximum absolute atomic E-state index is 5.01. The summed E-state index contributed by atoms with van der Waals surface area (Å²) in [6.45, 7) is 8.25.